The molecule has 3 nitrogen and oxygen atoms in total. The smallest absolute Gasteiger partial charge is 0.251 e. The molecule has 0 aliphatic carbocycles. The van der Waals surface area contributed by atoms with Gasteiger partial charge in [0.1, 0.15) is 0 Å². The van der Waals surface area contributed by atoms with Crippen LogP contribution in [0.1, 0.15) is 26.3 Å². The van der Waals surface area contributed by atoms with Gasteiger partial charge in [-0.25, -0.2) is 0 Å². The molecule has 0 saturated heterocycles. The van der Waals surface area contributed by atoms with Crippen LogP contribution in [0.25, 0.3) is 5.57 Å². The van der Waals surface area contributed by atoms with E-state index in [1.54, 1.807) is 26.0 Å². The summed E-state index contributed by atoms with van der Waals surface area (Å²) in [7, 11) is 0. The van der Waals surface area contributed by atoms with Crippen molar-refractivity contribution in [1.82, 2.24) is 0 Å². The van der Waals surface area contributed by atoms with Crippen molar-refractivity contribution in [2.75, 3.05) is 5.32 Å². The number of allylic oxidation sites excluding steroid dienone is 4. The number of hydrogen-bond donors (Lipinski definition) is 2. The van der Waals surface area contributed by atoms with Crippen molar-refractivity contribution in [3.8, 4) is 0 Å². The van der Waals surface area contributed by atoms with Crippen LogP contribution in [0, 0.1) is 0 Å². The zero-order valence-corrected chi connectivity index (χ0v) is 11.7. The van der Waals surface area contributed by atoms with Crippen LogP contribution in [0.2, 0.25) is 0 Å². The van der Waals surface area contributed by atoms with Crippen molar-refractivity contribution in [3.63, 3.8) is 0 Å². The number of hydrogen-bond acceptors (Lipinski definition) is 2. The molecule has 1 aromatic rings. The number of nitrogens with two attached hydrogens (primary N) is 1. The van der Waals surface area contributed by atoms with E-state index in [0.717, 1.165) is 16.8 Å². The van der Waals surface area contributed by atoms with Crippen LogP contribution in [0.3, 0.4) is 0 Å². The van der Waals surface area contributed by atoms with Crippen molar-refractivity contribution in [2.24, 2.45) is 5.73 Å². The van der Waals surface area contributed by atoms with E-state index in [1.165, 1.54) is 0 Å². The van der Waals surface area contributed by atoms with E-state index in [-0.39, 0.29) is 5.91 Å². The lowest BCUT2D eigenvalue weighted by molar-refractivity contribution is -0.112. The van der Waals surface area contributed by atoms with Gasteiger partial charge in [0.25, 0.3) is 5.91 Å². The molecule has 1 amide bonds. The molecule has 100 valence electrons. The highest BCUT2D eigenvalue weighted by atomic mass is 16.1. The van der Waals surface area contributed by atoms with E-state index in [4.69, 9.17) is 5.73 Å². The lowest BCUT2D eigenvalue weighted by Gasteiger charge is -2.07. The Morgan fingerprint density at radius 2 is 1.95 bits per heavy atom. The van der Waals surface area contributed by atoms with Crippen LogP contribution >= 0.6 is 0 Å². The highest BCUT2D eigenvalue weighted by Crippen LogP contribution is 2.17. The number of anilines is 1. The van der Waals surface area contributed by atoms with Gasteiger partial charge in [0.2, 0.25) is 0 Å². The lowest BCUT2D eigenvalue weighted by Crippen LogP contribution is -2.12. The summed E-state index contributed by atoms with van der Waals surface area (Å²) in [6.07, 6.45) is 3.41. The maximum atomic E-state index is 11.9. The molecule has 1 rings (SSSR count). The summed E-state index contributed by atoms with van der Waals surface area (Å²) in [5.74, 6) is -0.142. The molecule has 0 spiro atoms. The number of benzene rings is 1. The van der Waals surface area contributed by atoms with Gasteiger partial charge in [-0.1, -0.05) is 30.4 Å². The van der Waals surface area contributed by atoms with Gasteiger partial charge in [0.15, 0.2) is 0 Å². The molecule has 0 heterocycles. The fourth-order valence-electron chi connectivity index (χ4n) is 1.42. The molecule has 0 atom stereocenters. The average molecular weight is 256 g/mol. The number of carbonyl (C=O) groups excluding carboxylic acids is 1. The molecule has 1 aromatic carbocycles. The van der Waals surface area contributed by atoms with Crippen LogP contribution in [0.15, 0.2) is 54.3 Å². The van der Waals surface area contributed by atoms with Crippen molar-refractivity contribution in [1.29, 1.82) is 0 Å². The molecular formula is C16H20N2O. The van der Waals surface area contributed by atoms with Gasteiger partial charge in [-0.2, -0.15) is 0 Å². The lowest BCUT2D eigenvalue weighted by atomic mass is 10.1. The zero-order valence-electron chi connectivity index (χ0n) is 11.7. The van der Waals surface area contributed by atoms with Crippen LogP contribution in [0.5, 0.6) is 0 Å². The minimum atomic E-state index is -0.142. The van der Waals surface area contributed by atoms with E-state index >= 15 is 0 Å². The first-order chi connectivity index (χ1) is 8.90. The summed E-state index contributed by atoms with van der Waals surface area (Å²) < 4.78 is 0. The van der Waals surface area contributed by atoms with Crippen molar-refractivity contribution in [2.45, 2.75) is 20.8 Å². The Morgan fingerprint density at radius 3 is 2.53 bits per heavy atom. The summed E-state index contributed by atoms with van der Waals surface area (Å²) >= 11 is 0. The first-order valence-electron chi connectivity index (χ1n) is 6.08. The van der Waals surface area contributed by atoms with Crippen molar-refractivity contribution < 1.29 is 4.79 Å². The second-order valence-electron chi connectivity index (χ2n) is 4.58. The van der Waals surface area contributed by atoms with Gasteiger partial charge in [0, 0.05) is 17.0 Å². The van der Waals surface area contributed by atoms with Gasteiger partial charge < -0.3 is 11.1 Å². The largest absolute Gasteiger partial charge is 0.402 e. The molecular weight excluding hydrogens is 236 g/mol. The fraction of sp³-hybridized carbons (Fsp3) is 0.188. The van der Waals surface area contributed by atoms with Gasteiger partial charge in [0.05, 0.1) is 0 Å². The quantitative estimate of drug-likeness (QED) is 0.640. The number of amides is 1. The van der Waals surface area contributed by atoms with E-state index in [2.05, 4.69) is 11.9 Å². The normalized spacial score (nSPS) is 12.2. The monoisotopic (exact) mass is 256 g/mol. The van der Waals surface area contributed by atoms with Gasteiger partial charge in [-0.3, -0.25) is 4.79 Å². The van der Waals surface area contributed by atoms with Crippen molar-refractivity contribution >= 4 is 17.2 Å². The Labute approximate surface area is 114 Å². The van der Waals surface area contributed by atoms with Crippen LogP contribution in [0.4, 0.5) is 5.69 Å². The predicted molar refractivity (Wildman–Crippen MR) is 81.5 cm³/mol. The Balaban J connectivity index is 2.82. The summed E-state index contributed by atoms with van der Waals surface area (Å²) in [6.45, 7) is 9.34. The van der Waals surface area contributed by atoms with Crippen LogP contribution in [-0.4, -0.2) is 5.91 Å². The summed E-state index contributed by atoms with van der Waals surface area (Å²) in [5.41, 5.74) is 9.52. The second-order valence-corrected chi connectivity index (χ2v) is 4.58. The SMILES string of the molecule is C=C(C)c1cccc(NC(=O)/C(C)=C/C=C(\C)N)c1. The standard InChI is InChI=1S/C16H20N2O/c1-11(2)14-6-5-7-15(10-14)18-16(19)12(3)8-9-13(4)17/h5-10H,1,17H2,2-4H3,(H,18,19)/b12-8+,13-9+. The highest BCUT2D eigenvalue weighted by molar-refractivity contribution is 6.03. The van der Waals surface area contributed by atoms with Crippen LogP contribution < -0.4 is 11.1 Å². The molecule has 0 fully saturated rings. The summed E-state index contributed by atoms with van der Waals surface area (Å²) in [5, 5.41) is 2.84. The number of nitrogens with one attached hydrogen (secondary N) is 1. The minimum Gasteiger partial charge on any atom is -0.402 e. The molecule has 0 bridgehead atoms. The molecule has 19 heavy (non-hydrogen) atoms. The molecule has 0 aromatic heterocycles. The van der Waals surface area contributed by atoms with Gasteiger partial charge in [-0.15, -0.1) is 0 Å². The maximum Gasteiger partial charge on any atom is 0.251 e. The molecule has 0 saturated carbocycles. The Bertz CT molecular complexity index is 550. The first kappa shape index (κ1) is 14.8. The fourth-order valence-corrected chi connectivity index (χ4v) is 1.42. The Morgan fingerprint density at radius 1 is 1.26 bits per heavy atom. The Kier molecular flexibility index (Phi) is 5.12. The van der Waals surface area contributed by atoms with E-state index < -0.39 is 0 Å². The summed E-state index contributed by atoms with van der Waals surface area (Å²) in [4.78, 5) is 11.9. The maximum absolute atomic E-state index is 11.9. The predicted octanol–water partition coefficient (Wildman–Crippen LogP) is 3.47. The average Bonchev–Trinajstić information content (AvgIpc) is 2.36. The van der Waals surface area contributed by atoms with Crippen LogP contribution in [-0.2, 0) is 4.79 Å². The third-order valence-corrected chi connectivity index (χ3v) is 2.57. The van der Waals surface area contributed by atoms with Gasteiger partial charge >= 0.3 is 0 Å². The van der Waals surface area contributed by atoms with E-state index in [9.17, 15) is 4.79 Å². The zero-order chi connectivity index (χ0) is 14.4. The third-order valence-electron chi connectivity index (χ3n) is 2.57. The van der Waals surface area contributed by atoms with E-state index in [0.29, 0.717) is 11.3 Å². The van der Waals surface area contributed by atoms with Gasteiger partial charge in [-0.05, 0) is 44.5 Å². The molecule has 0 radical (unpaired) electrons. The van der Waals surface area contributed by atoms with E-state index in [1.807, 2.05) is 31.2 Å². The number of rotatable bonds is 4. The number of carbonyl (C=O) groups is 1. The summed E-state index contributed by atoms with van der Waals surface area (Å²) in [6, 6.07) is 7.60. The highest BCUT2D eigenvalue weighted by Gasteiger charge is 2.04. The molecule has 0 aliphatic heterocycles. The molecule has 3 N–H and O–H groups in total. The van der Waals surface area contributed by atoms with Crippen molar-refractivity contribution in [3.05, 3.63) is 59.8 Å². The molecule has 0 aliphatic rings. The minimum absolute atomic E-state index is 0.142. The molecule has 3 heteroatoms. The topological polar surface area (TPSA) is 55.1 Å². The Hall–Kier alpha value is -2.29. The second kappa shape index (κ2) is 6.59. The first-order valence-corrected chi connectivity index (χ1v) is 6.08. The third kappa shape index (κ3) is 4.84. The molecule has 0 unspecified atom stereocenters.